The van der Waals surface area contributed by atoms with E-state index < -0.39 is 5.91 Å². The Balaban J connectivity index is 1.94. The molecule has 0 spiro atoms. The van der Waals surface area contributed by atoms with Gasteiger partial charge >= 0.3 is 0 Å². The van der Waals surface area contributed by atoms with E-state index in [4.69, 9.17) is 9.47 Å². The van der Waals surface area contributed by atoms with Crippen molar-refractivity contribution in [3.63, 3.8) is 0 Å². The van der Waals surface area contributed by atoms with E-state index in [0.717, 1.165) is 10.6 Å². The number of ether oxygens (including phenoxy) is 2. The molecule has 0 saturated heterocycles. The van der Waals surface area contributed by atoms with Crippen molar-refractivity contribution in [1.29, 1.82) is 0 Å². The number of aromatic amines is 1. The van der Waals surface area contributed by atoms with Gasteiger partial charge in [0.1, 0.15) is 0 Å². The van der Waals surface area contributed by atoms with Gasteiger partial charge in [0.05, 0.1) is 36.0 Å². The van der Waals surface area contributed by atoms with Crippen LogP contribution in [0.25, 0.3) is 10.6 Å². The van der Waals surface area contributed by atoms with E-state index in [9.17, 15) is 9.59 Å². The number of aromatic nitrogens is 2. The minimum absolute atomic E-state index is 0.210. The first-order valence-electron chi connectivity index (χ1n) is 8.33. The number of methoxy groups -OCH3 is 2. The molecule has 0 bridgehead atoms. The van der Waals surface area contributed by atoms with Crippen molar-refractivity contribution in [3.8, 4) is 22.1 Å². The summed E-state index contributed by atoms with van der Waals surface area (Å²) in [5, 5.41) is 11.6. The van der Waals surface area contributed by atoms with Crippen LogP contribution in [-0.4, -0.2) is 55.2 Å². The Bertz CT molecular complexity index is 996. The minimum atomic E-state index is -0.445. The van der Waals surface area contributed by atoms with Gasteiger partial charge in [-0.05, 0) is 23.6 Å². The predicted octanol–water partition coefficient (Wildman–Crippen LogP) is 3.11. The normalized spacial score (nSPS) is 10.4. The molecule has 1 aromatic carbocycles. The predicted molar refractivity (Wildman–Crippen MR) is 107 cm³/mol. The SMILES string of the molecule is COc1cc(NC(=O)c2cc(-c3cccs3)[nH]n2)c(C(=O)N(C)C)cc1OC. The van der Waals surface area contributed by atoms with Crippen molar-refractivity contribution >= 4 is 28.8 Å². The van der Waals surface area contributed by atoms with E-state index >= 15 is 0 Å². The number of nitrogens with zero attached hydrogens (tertiary/aromatic N) is 2. The van der Waals surface area contributed by atoms with Crippen LogP contribution < -0.4 is 14.8 Å². The molecule has 0 saturated carbocycles. The summed E-state index contributed by atoms with van der Waals surface area (Å²) in [6.07, 6.45) is 0. The number of nitrogens with one attached hydrogen (secondary N) is 2. The molecule has 3 aromatic rings. The maximum atomic E-state index is 12.7. The molecule has 2 N–H and O–H groups in total. The van der Waals surface area contributed by atoms with Gasteiger partial charge in [-0.1, -0.05) is 6.07 Å². The lowest BCUT2D eigenvalue weighted by molar-refractivity contribution is 0.0828. The second-order valence-corrected chi connectivity index (χ2v) is 7.00. The maximum Gasteiger partial charge on any atom is 0.276 e. The summed E-state index contributed by atoms with van der Waals surface area (Å²) >= 11 is 1.54. The van der Waals surface area contributed by atoms with E-state index in [2.05, 4.69) is 15.5 Å². The second kappa shape index (κ2) is 8.13. The van der Waals surface area contributed by atoms with Gasteiger partial charge in [0.2, 0.25) is 0 Å². The third-order valence-corrected chi connectivity index (χ3v) is 4.91. The molecule has 0 radical (unpaired) electrons. The third kappa shape index (κ3) is 3.84. The lowest BCUT2D eigenvalue weighted by Crippen LogP contribution is -2.24. The van der Waals surface area contributed by atoms with Gasteiger partial charge in [-0.15, -0.1) is 11.3 Å². The zero-order valence-electron chi connectivity index (χ0n) is 15.9. The Kier molecular flexibility index (Phi) is 5.65. The van der Waals surface area contributed by atoms with Gasteiger partial charge in [0.25, 0.3) is 11.8 Å². The maximum absolute atomic E-state index is 12.7. The number of hydrogen-bond donors (Lipinski definition) is 2. The molecular formula is C19H20N4O4S. The lowest BCUT2D eigenvalue weighted by atomic mass is 10.1. The molecule has 9 heteroatoms. The summed E-state index contributed by atoms with van der Waals surface area (Å²) < 4.78 is 10.6. The van der Waals surface area contributed by atoms with Crippen LogP contribution in [-0.2, 0) is 0 Å². The third-order valence-electron chi connectivity index (χ3n) is 4.01. The first-order valence-corrected chi connectivity index (χ1v) is 9.21. The standard InChI is InChI=1S/C19H20N4O4S/c1-23(2)19(25)11-8-15(26-3)16(27-4)10-12(11)20-18(24)14-9-13(21-22-14)17-6-5-7-28-17/h5-10H,1-4H3,(H,20,24)(H,21,22). The fourth-order valence-electron chi connectivity index (χ4n) is 2.58. The number of benzene rings is 1. The molecular weight excluding hydrogens is 380 g/mol. The van der Waals surface area contributed by atoms with Crippen LogP contribution in [0.1, 0.15) is 20.8 Å². The van der Waals surface area contributed by atoms with Crippen LogP contribution >= 0.6 is 11.3 Å². The Morgan fingerprint density at radius 3 is 2.46 bits per heavy atom. The highest BCUT2D eigenvalue weighted by Crippen LogP contribution is 2.34. The molecule has 2 amide bonds. The minimum Gasteiger partial charge on any atom is -0.493 e. The number of rotatable bonds is 6. The van der Waals surface area contributed by atoms with Crippen LogP contribution in [0, 0.1) is 0 Å². The molecule has 0 fully saturated rings. The fraction of sp³-hybridized carbons (Fsp3) is 0.211. The van der Waals surface area contributed by atoms with Gasteiger partial charge in [-0.3, -0.25) is 14.7 Å². The zero-order chi connectivity index (χ0) is 20.3. The van der Waals surface area contributed by atoms with Crippen molar-refractivity contribution in [2.75, 3.05) is 33.6 Å². The van der Waals surface area contributed by atoms with Gasteiger partial charge < -0.3 is 19.7 Å². The number of carbonyl (C=O) groups excluding carboxylic acids is 2. The Morgan fingerprint density at radius 2 is 1.86 bits per heavy atom. The van der Waals surface area contributed by atoms with Crippen molar-refractivity contribution in [1.82, 2.24) is 15.1 Å². The average Bonchev–Trinajstić information content (AvgIpc) is 3.38. The number of amides is 2. The zero-order valence-corrected chi connectivity index (χ0v) is 16.7. The highest BCUT2D eigenvalue weighted by Gasteiger charge is 2.21. The van der Waals surface area contributed by atoms with E-state index in [-0.39, 0.29) is 17.2 Å². The molecule has 8 nitrogen and oxygen atoms in total. The number of thiophene rings is 1. The van der Waals surface area contributed by atoms with Gasteiger partial charge in [-0.25, -0.2) is 0 Å². The molecule has 146 valence electrons. The van der Waals surface area contributed by atoms with E-state index in [0.29, 0.717) is 17.2 Å². The molecule has 0 unspecified atom stereocenters. The average molecular weight is 400 g/mol. The van der Waals surface area contributed by atoms with Crippen molar-refractivity contribution in [2.24, 2.45) is 0 Å². The van der Waals surface area contributed by atoms with E-state index in [1.807, 2.05) is 17.5 Å². The van der Waals surface area contributed by atoms with Crippen molar-refractivity contribution < 1.29 is 19.1 Å². The number of carbonyl (C=O) groups is 2. The van der Waals surface area contributed by atoms with Crippen LogP contribution in [0.4, 0.5) is 5.69 Å². The fourth-order valence-corrected chi connectivity index (χ4v) is 3.28. The summed E-state index contributed by atoms with van der Waals surface area (Å²) in [5.41, 5.74) is 1.55. The monoisotopic (exact) mass is 400 g/mol. The number of anilines is 1. The topological polar surface area (TPSA) is 96.5 Å². The van der Waals surface area contributed by atoms with Gasteiger partial charge in [-0.2, -0.15) is 5.10 Å². The van der Waals surface area contributed by atoms with Gasteiger partial charge in [0.15, 0.2) is 17.2 Å². The summed E-state index contributed by atoms with van der Waals surface area (Å²) in [6.45, 7) is 0. The summed E-state index contributed by atoms with van der Waals surface area (Å²) in [5.74, 6) is 0.0662. The Labute approximate surface area is 166 Å². The molecule has 3 rings (SSSR count). The summed E-state index contributed by atoms with van der Waals surface area (Å²) in [7, 11) is 6.23. The van der Waals surface area contributed by atoms with E-state index in [1.54, 1.807) is 43.6 Å². The first kappa shape index (κ1) is 19.4. The highest BCUT2D eigenvalue weighted by molar-refractivity contribution is 7.13. The second-order valence-electron chi connectivity index (χ2n) is 6.05. The molecule has 2 heterocycles. The Morgan fingerprint density at radius 1 is 1.14 bits per heavy atom. The van der Waals surface area contributed by atoms with Crippen molar-refractivity contribution in [2.45, 2.75) is 0 Å². The van der Waals surface area contributed by atoms with E-state index in [1.165, 1.54) is 19.1 Å². The van der Waals surface area contributed by atoms with Crippen LogP contribution in [0.5, 0.6) is 11.5 Å². The molecule has 2 aromatic heterocycles. The number of hydrogen-bond acceptors (Lipinski definition) is 6. The summed E-state index contributed by atoms with van der Waals surface area (Å²) in [6, 6.07) is 8.61. The highest BCUT2D eigenvalue weighted by atomic mass is 32.1. The molecule has 28 heavy (non-hydrogen) atoms. The Hall–Kier alpha value is -3.33. The van der Waals surface area contributed by atoms with Crippen LogP contribution in [0.2, 0.25) is 0 Å². The largest absolute Gasteiger partial charge is 0.493 e. The molecule has 0 aliphatic heterocycles. The van der Waals surface area contributed by atoms with Crippen molar-refractivity contribution in [3.05, 3.63) is 47.0 Å². The smallest absolute Gasteiger partial charge is 0.276 e. The van der Waals surface area contributed by atoms with Crippen LogP contribution in [0.15, 0.2) is 35.7 Å². The first-order chi connectivity index (χ1) is 13.4. The van der Waals surface area contributed by atoms with Crippen LogP contribution in [0.3, 0.4) is 0 Å². The molecule has 0 atom stereocenters. The number of H-pyrrole nitrogens is 1. The molecule has 0 aliphatic rings. The quantitative estimate of drug-likeness (QED) is 0.663. The molecule has 0 aliphatic carbocycles. The van der Waals surface area contributed by atoms with Gasteiger partial charge in [0, 0.05) is 20.2 Å². The summed E-state index contributed by atoms with van der Waals surface area (Å²) in [4.78, 5) is 27.7. The lowest BCUT2D eigenvalue weighted by Gasteiger charge is -2.17.